The molecule has 2 N–H and O–H groups in total. The summed E-state index contributed by atoms with van der Waals surface area (Å²) in [6.07, 6.45) is 5.66. The standard InChI is InChI=1S/C23H34N2O4/c1-15(2)20(25-22(27)19-14-10-9-11-16(19)3)23(28)29-17(4)21(26)24-18-12-7-5-6-8-13-18/h9-11,14-15,17-18,20H,5-8,12-13H2,1-4H3,(H,24,26)(H,25,27)/t17-,20+/m1/s1. The molecule has 2 atom stereocenters. The Balaban J connectivity index is 1.94. The van der Waals surface area contributed by atoms with E-state index in [4.69, 9.17) is 4.74 Å². The molecule has 6 nitrogen and oxygen atoms in total. The highest BCUT2D eigenvalue weighted by molar-refractivity contribution is 5.98. The molecule has 1 aromatic rings. The summed E-state index contributed by atoms with van der Waals surface area (Å²) in [5, 5.41) is 5.76. The van der Waals surface area contributed by atoms with Crippen molar-refractivity contribution in [2.24, 2.45) is 5.92 Å². The minimum Gasteiger partial charge on any atom is -0.451 e. The first-order valence-corrected chi connectivity index (χ1v) is 10.7. The van der Waals surface area contributed by atoms with Gasteiger partial charge in [-0.1, -0.05) is 57.7 Å². The highest BCUT2D eigenvalue weighted by Crippen LogP contribution is 2.17. The Hall–Kier alpha value is -2.37. The van der Waals surface area contributed by atoms with Crippen molar-refractivity contribution in [3.63, 3.8) is 0 Å². The van der Waals surface area contributed by atoms with Crippen molar-refractivity contribution in [1.82, 2.24) is 10.6 Å². The first-order chi connectivity index (χ1) is 13.8. The van der Waals surface area contributed by atoms with Gasteiger partial charge in [-0.3, -0.25) is 9.59 Å². The van der Waals surface area contributed by atoms with E-state index >= 15 is 0 Å². The Labute approximate surface area is 173 Å². The summed E-state index contributed by atoms with van der Waals surface area (Å²) in [5.74, 6) is -1.37. The van der Waals surface area contributed by atoms with Crippen molar-refractivity contribution in [1.29, 1.82) is 0 Å². The van der Waals surface area contributed by atoms with E-state index in [0.29, 0.717) is 5.56 Å². The van der Waals surface area contributed by atoms with Gasteiger partial charge in [-0.2, -0.15) is 0 Å². The number of hydrogen-bond acceptors (Lipinski definition) is 4. The van der Waals surface area contributed by atoms with Crippen LogP contribution in [0.2, 0.25) is 0 Å². The van der Waals surface area contributed by atoms with Gasteiger partial charge in [-0.25, -0.2) is 4.79 Å². The Bertz CT molecular complexity index is 709. The molecule has 0 radical (unpaired) electrons. The normalized spacial score (nSPS) is 17.1. The number of amides is 2. The van der Waals surface area contributed by atoms with E-state index < -0.39 is 18.1 Å². The second kappa shape index (κ2) is 11.0. The SMILES string of the molecule is Cc1ccccc1C(=O)N[C@H](C(=O)O[C@H](C)C(=O)NC1CCCCCC1)C(C)C. The summed E-state index contributed by atoms with van der Waals surface area (Å²) >= 11 is 0. The molecule has 29 heavy (non-hydrogen) atoms. The van der Waals surface area contributed by atoms with E-state index in [2.05, 4.69) is 10.6 Å². The van der Waals surface area contributed by atoms with Gasteiger partial charge in [-0.15, -0.1) is 0 Å². The fraction of sp³-hybridized carbons (Fsp3) is 0.609. The van der Waals surface area contributed by atoms with Crippen LogP contribution >= 0.6 is 0 Å². The minimum absolute atomic E-state index is 0.146. The summed E-state index contributed by atoms with van der Waals surface area (Å²) in [4.78, 5) is 37.7. The quantitative estimate of drug-likeness (QED) is 0.540. The Morgan fingerprint density at radius 1 is 1.00 bits per heavy atom. The van der Waals surface area contributed by atoms with Crippen LogP contribution in [0.4, 0.5) is 0 Å². The molecule has 0 spiro atoms. The topological polar surface area (TPSA) is 84.5 Å². The second-order valence-corrected chi connectivity index (χ2v) is 8.29. The lowest BCUT2D eigenvalue weighted by Gasteiger charge is -2.24. The average molecular weight is 403 g/mol. The van der Waals surface area contributed by atoms with Gasteiger partial charge in [0.05, 0.1) is 0 Å². The number of hydrogen-bond donors (Lipinski definition) is 2. The van der Waals surface area contributed by atoms with E-state index in [9.17, 15) is 14.4 Å². The second-order valence-electron chi connectivity index (χ2n) is 8.29. The van der Waals surface area contributed by atoms with Crippen molar-refractivity contribution >= 4 is 17.8 Å². The van der Waals surface area contributed by atoms with Gasteiger partial charge < -0.3 is 15.4 Å². The molecule has 0 unspecified atom stereocenters. The molecule has 1 saturated carbocycles. The van der Waals surface area contributed by atoms with Crippen LogP contribution in [0.5, 0.6) is 0 Å². The zero-order valence-corrected chi connectivity index (χ0v) is 18.0. The van der Waals surface area contributed by atoms with Crippen LogP contribution in [0.25, 0.3) is 0 Å². The molecule has 1 aliphatic rings. The van der Waals surface area contributed by atoms with Crippen LogP contribution in [0.15, 0.2) is 24.3 Å². The maximum atomic E-state index is 12.7. The summed E-state index contributed by atoms with van der Waals surface area (Å²) in [7, 11) is 0. The first-order valence-electron chi connectivity index (χ1n) is 10.7. The lowest BCUT2D eigenvalue weighted by Crippen LogP contribution is -2.48. The summed E-state index contributed by atoms with van der Waals surface area (Å²) < 4.78 is 5.41. The number of nitrogens with one attached hydrogen (secondary N) is 2. The lowest BCUT2D eigenvalue weighted by atomic mass is 10.0. The van der Waals surface area contributed by atoms with E-state index in [0.717, 1.165) is 31.2 Å². The molecule has 0 bridgehead atoms. The van der Waals surface area contributed by atoms with Crippen LogP contribution in [-0.4, -0.2) is 36.0 Å². The fourth-order valence-electron chi connectivity index (χ4n) is 3.59. The average Bonchev–Trinajstić information content (AvgIpc) is 2.94. The van der Waals surface area contributed by atoms with Crippen molar-refractivity contribution in [2.45, 2.75) is 84.4 Å². The Morgan fingerprint density at radius 2 is 1.62 bits per heavy atom. The van der Waals surface area contributed by atoms with Crippen molar-refractivity contribution in [2.75, 3.05) is 0 Å². The van der Waals surface area contributed by atoms with E-state index in [1.807, 2.05) is 32.9 Å². The molecule has 1 aliphatic carbocycles. The minimum atomic E-state index is -0.901. The maximum absolute atomic E-state index is 12.7. The van der Waals surface area contributed by atoms with Crippen LogP contribution in [0, 0.1) is 12.8 Å². The van der Waals surface area contributed by atoms with Crippen LogP contribution in [-0.2, 0) is 14.3 Å². The van der Waals surface area contributed by atoms with Crippen LogP contribution in [0.3, 0.4) is 0 Å². The van der Waals surface area contributed by atoms with Crippen molar-refractivity contribution in [3.8, 4) is 0 Å². The zero-order valence-electron chi connectivity index (χ0n) is 18.0. The molecule has 0 aliphatic heterocycles. The monoisotopic (exact) mass is 402 g/mol. The predicted octanol–water partition coefficient (Wildman–Crippen LogP) is 3.52. The van der Waals surface area contributed by atoms with Crippen molar-refractivity contribution < 1.29 is 19.1 Å². The van der Waals surface area contributed by atoms with Gasteiger partial charge in [0.25, 0.3) is 11.8 Å². The Morgan fingerprint density at radius 3 is 2.21 bits per heavy atom. The number of aryl methyl sites for hydroxylation is 1. The van der Waals surface area contributed by atoms with E-state index in [1.54, 1.807) is 19.1 Å². The number of ether oxygens (including phenoxy) is 1. The molecule has 1 fully saturated rings. The Kier molecular flexibility index (Phi) is 8.68. The highest BCUT2D eigenvalue weighted by atomic mass is 16.5. The van der Waals surface area contributed by atoms with Gasteiger partial charge in [0.15, 0.2) is 6.10 Å². The van der Waals surface area contributed by atoms with Gasteiger partial charge in [0, 0.05) is 11.6 Å². The number of carbonyl (C=O) groups is 3. The summed E-state index contributed by atoms with van der Waals surface area (Å²) in [5.41, 5.74) is 1.35. The third-order valence-corrected chi connectivity index (χ3v) is 5.46. The molecule has 0 saturated heterocycles. The van der Waals surface area contributed by atoms with E-state index in [-0.39, 0.29) is 23.8 Å². The molecule has 2 amide bonds. The molecular formula is C23H34N2O4. The van der Waals surface area contributed by atoms with Gasteiger partial charge in [-0.05, 0) is 44.2 Å². The van der Waals surface area contributed by atoms with Crippen LogP contribution < -0.4 is 10.6 Å². The molecule has 160 valence electrons. The smallest absolute Gasteiger partial charge is 0.329 e. The third-order valence-electron chi connectivity index (χ3n) is 5.46. The number of rotatable bonds is 7. The lowest BCUT2D eigenvalue weighted by molar-refractivity contribution is -0.157. The molecule has 2 rings (SSSR count). The molecule has 0 heterocycles. The molecule has 0 aromatic heterocycles. The summed E-state index contributed by atoms with van der Waals surface area (Å²) in [6, 6.07) is 6.52. The first kappa shape index (κ1) is 22.9. The van der Waals surface area contributed by atoms with Gasteiger partial charge >= 0.3 is 5.97 Å². The highest BCUT2D eigenvalue weighted by Gasteiger charge is 2.30. The van der Waals surface area contributed by atoms with Crippen LogP contribution in [0.1, 0.15) is 75.2 Å². The number of benzene rings is 1. The fourth-order valence-corrected chi connectivity index (χ4v) is 3.59. The van der Waals surface area contributed by atoms with Gasteiger partial charge in [0.2, 0.25) is 0 Å². The maximum Gasteiger partial charge on any atom is 0.329 e. The molecular weight excluding hydrogens is 368 g/mol. The molecule has 1 aromatic carbocycles. The zero-order chi connectivity index (χ0) is 21.4. The number of esters is 1. The van der Waals surface area contributed by atoms with Gasteiger partial charge in [0.1, 0.15) is 6.04 Å². The third kappa shape index (κ3) is 6.87. The van der Waals surface area contributed by atoms with Crippen molar-refractivity contribution in [3.05, 3.63) is 35.4 Å². The number of carbonyl (C=O) groups excluding carboxylic acids is 3. The predicted molar refractivity (Wildman–Crippen MR) is 112 cm³/mol. The summed E-state index contributed by atoms with van der Waals surface area (Å²) in [6.45, 7) is 7.09. The van der Waals surface area contributed by atoms with E-state index in [1.165, 1.54) is 12.8 Å². The largest absolute Gasteiger partial charge is 0.451 e. The molecule has 6 heteroatoms.